The topological polar surface area (TPSA) is 102 Å². The minimum Gasteiger partial charge on any atom is -0.460 e. The first-order valence-electron chi connectivity index (χ1n) is 10.2. The van der Waals surface area contributed by atoms with Crippen LogP contribution in [0.25, 0.3) is 27.4 Å². The smallest absolute Gasteiger partial charge is 0.259 e. The van der Waals surface area contributed by atoms with E-state index in [9.17, 15) is 9.59 Å². The second-order valence-electron chi connectivity index (χ2n) is 7.42. The number of para-hydroxylation sites is 1. The molecule has 5 rings (SSSR count). The number of furan rings is 1. The maximum absolute atomic E-state index is 13.3. The van der Waals surface area contributed by atoms with Crippen LogP contribution in [0.3, 0.4) is 0 Å². The first kappa shape index (κ1) is 20.7. The van der Waals surface area contributed by atoms with Gasteiger partial charge >= 0.3 is 0 Å². The summed E-state index contributed by atoms with van der Waals surface area (Å²) >= 11 is 1.34. The van der Waals surface area contributed by atoms with Crippen LogP contribution >= 0.6 is 11.3 Å². The number of aromatic nitrogens is 3. The second kappa shape index (κ2) is 8.36. The molecule has 3 heterocycles. The van der Waals surface area contributed by atoms with Crippen molar-refractivity contribution in [1.29, 1.82) is 0 Å². The number of aryl methyl sites for hydroxylation is 1. The minimum atomic E-state index is -0.313. The van der Waals surface area contributed by atoms with Crippen molar-refractivity contribution in [2.24, 2.45) is 0 Å². The second-order valence-corrected chi connectivity index (χ2v) is 8.45. The fourth-order valence-electron chi connectivity index (χ4n) is 3.40. The standard InChI is InChI=1S/C24H19N5O3S/c1-14-8-11-20(32-14)22-18(13-29(28-22)17-6-4-3-5-7-17)23(31)26-16-9-10-19-21(12-16)33-24(27-19)25-15(2)30/h3-13H,1-2H3,(H,26,31)(H,25,27,30). The van der Waals surface area contributed by atoms with E-state index in [1.54, 1.807) is 29.1 Å². The number of benzene rings is 2. The Balaban J connectivity index is 1.48. The minimum absolute atomic E-state index is 0.182. The van der Waals surface area contributed by atoms with E-state index in [0.717, 1.165) is 21.7 Å². The number of hydrogen-bond donors (Lipinski definition) is 2. The highest BCUT2D eigenvalue weighted by Crippen LogP contribution is 2.30. The van der Waals surface area contributed by atoms with E-state index in [1.807, 2.05) is 49.4 Å². The van der Waals surface area contributed by atoms with Gasteiger partial charge in [-0.25, -0.2) is 9.67 Å². The van der Waals surface area contributed by atoms with Crippen LogP contribution in [0.2, 0.25) is 0 Å². The molecule has 0 spiro atoms. The number of fused-ring (bicyclic) bond motifs is 1. The van der Waals surface area contributed by atoms with Crippen LogP contribution in [-0.2, 0) is 4.79 Å². The van der Waals surface area contributed by atoms with Gasteiger partial charge in [-0.2, -0.15) is 5.10 Å². The van der Waals surface area contributed by atoms with Crippen LogP contribution < -0.4 is 10.6 Å². The molecular weight excluding hydrogens is 438 g/mol. The predicted molar refractivity (Wildman–Crippen MR) is 128 cm³/mol. The molecule has 3 aromatic heterocycles. The Hall–Kier alpha value is -4.24. The largest absolute Gasteiger partial charge is 0.460 e. The van der Waals surface area contributed by atoms with Crippen LogP contribution in [0.4, 0.5) is 10.8 Å². The lowest BCUT2D eigenvalue weighted by atomic mass is 10.2. The molecule has 2 N–H and O–H groups in total. The molecule has 0 atom stereocenters. The summed E-state index contributed by atoms with van der Waals surface area (Å²) in [6, 6.07) is 18.6. The number of nitrogens with zero attached hydrogens (tertiary/aromatic N) is 3. The van der Waals surface area contributed by atoms with Crippen molar-refractivity contribution < 1.29 is 14.0 Å². The predicted octanol–water partition coefficient (Wildman–Crippen LogP) is 5.26. The Labute approximate surface area is 192 Å². The number of thiazole rings is 1. The van der Waals surface area contributed by atoms with Crippen LogP contribution in [0, 0.1) is 6.92 Å². The fraction of sp³-hybridized carbons (Fsp3) is 0.0833. The summed E-state index contributed by atoms with van der Waals surface area (Å²) < 4.78 is 8.26. The van der Waals surface area contributed by atoms with E-state index >= 15 is 0 Å². The van der Waals surface area contributed by atoms with Crippen LogP contribution in [0.15, 0.2) is 71.3 Å². The zero-order chi connectivity index (χ0) is 22.9. The van der Waals surface area contributed by atoms with E-state index < -0.39 is 0 Å². The number of amides is 2. The number of rotatable bonds is 5. The van der Waals surface area contributed by atoms with Gasteiger partial charge < -0.3 is 15.1 Å². The van der Waals surface area contributed by atoms with Crippen molar-refractivity contribution in [2.45, 2.75) is 13.8 Å². The van der Waals surface area contributed by atoms with E-state index in [-0.39, 0.29) is 11.8 Å². The number of nitrogens with one attached hydrogen (secondary N) is 2. The molecular formula is C24H19N5O3S. The normalized spacial score (nSPS) is 11.0. The first-order chi connectivity index (χ1) is 16.0. The van der Waals surface area contributed by atoms with Gasteiger partial charge in [0.15, 0.2) is 10.9 Å². The van der Waals surface area contributed by atoms with Crippen molar-refractivity contribution >= 4 is 44.2 Å². The van der Waals surface area contributed by atoms with Gasteiger partial charge in [-0.3, -0.25) is 9.59 Å². The molecule has 0 radical (unpaired) electrons. The highest BCUT2D eigenvalue weighted by molar-refractivity contribution is 7.22. The number of hydrogen-bond acceptors (Lipinski definition) is 6. The highest BCUT2D eigenvalue weighted by Gasteiger charge is 2.21. The Morgan fingerprint density at radius 1 is 1.03 bits per heavy atom. The monoisotopic (exact) mass is 457 g/mol. The van der Waals surface area contributed by atoms with Gasteiger partial charge in [0.2, 0.25) is 5.91 Å². The number of carbonyl (C=O) groups is 2. The first-order valence-corrected chi connectivity index (χ1v) is 11.0. The van der Waals surface area contributed by atoms with Crippen LogP contribution in [0.5, 0.6) is 0 Å². The molecule has 0 aliphatic rings. The van der Waals surface area contributed by atoms with Gasteiger partial charge in [0, 0.05) is 18.8 Å². The molecule has 2 aromatic carbocycles. The summed E-state index contributed by atoms with van der Waals surface area (Å²) in [6.07, 6.45) is 1.69. The third kappa shape index (κ3) is 4.26. The number of anilines is 2. The van der Waals surface area contributed by atoms with Crippen molar-refractivity contribution in [3.8, 4) is 17.1 Å². The Bertz CT molecular complexity index is 1480. The third-order valence-electron chi connectivity index (χ3n) is 4.88. The number of carbonyl (C=O) groups excluding carboxylic acids is 2. The lowest BCUT2D eigenvalue weighted by Crippen LogP contribution is -2.12. The van der Waals surface area contributed by atoms with Gasteiger partial charge in [-0.15, -0.1) is 0 Å². The molecule has 0 saturated carbocycles. The Morgan fingerprint density at radius 3 is 2.58 bits per heavy atom. The molecule has 9 heteroatoms. The molecule has 0 bridgehead atoms. The maximum Gasteiger partial charge on any atom is 0.259 e. The molecule has 0 saturated heterocycles. The molecule has 0 aliphatic carbocycles. The summed E-state index contributed by atoms with van der Waals surface area (Å²) in [4.78, 5) is 28.9. The van der Waals surface area contributed by atoms with E-state index in [4.69, 9.17) is 4.42 Å². The van der Waals surface area contributed by atoms with E-state index in [1.165, 1.54) is 18.3 Å². The summed E-state index contributed by atoms with van der Waals surface area (Å²) in [6.45, 7) is 3.28. The lowest BCUT2D eigenvalue weighted by Gasteiger charge is -2.04. The molecule has 0 fully saturated rings. The Kier molecular flexibility index (Phi) is 5.23. The van der Waals surface area contributed by atoms with Crippen molar-refractivity contribution in [3.63, 3.8) is 0 Å². The van der Waals surface area contributed by atoms with Gasteiger partial charge in [-0.1, -0.05) is 29.5 Å². The summed E-state index contributed by atoms with van der Waals surface area (Å²) in [7, 11) is 0. The highest BCUT2D eigenvalue weighted by atomic mass is 32.1. The van der Waals surface area contributed by atoms with Crippen molar-refractivity contribution in [1.82, 2.24) is 14.8 Å². The average molecular weight is 458 g/mol. The zero-order valence-corrected chi connectivity index (χ0v) is 18.6. The average Bonchev–Trinajstić information content (AvgIpc) is 3.51. The molecule has 5 aromatic rings. The summed E-state index contributed by atoms with van der Waals surface area (Å²) in [5.74, 6) is 0.757. The molecule has 164 valence electrons. The Morgan fingerprint density at radius 2 is 1.85 bits per heavy atom. The summed E-state index contributed by atoms with van der Waals surface area (Å²) in [5, 5.41) is 10.8. The van der Waals surface area contributed by atoms with Gasteiger partial charge in [0.05, 0.1) is 21.5 Å². The molecule has 2 amide bonds. The van der Waals surface area contributed by atoms with Crippen molar-refractivity contribution in [3.05, 3.63) is 78.2 Å². The SMILES string of the molecule is CC(=O)Nc1nc2ccc(NC(=O)c3cn(-c4ccccc4)nc3-c3ccc(C)o3)cc2s1. The van der Waals surface area contributed by atoms with Gasteiger partial charge in [0.25, 0.3) is 5.91 Å². The molecule has 8 nitrogen and oxygen atoms in total. The summed E-state index contributed by atoms with van der Waals surface area (Å²) in [5.41, 5.74) is 3.02. The lowest BCUT2D eigenvalue weighted by molar-refractivity contribution is -0.114. The fourth-order valence-corrected chi connectivity index (χ4v) is 4.35. The quantitative estimate of drug-likeness (QED) is 0.375. The molecule has 33 heavy (non-hydrogen) atoms. The van der Waals surface area contributed by atoms with E-state index in [2.05, 4.69) is 20.7 Å². The van der Waals surface area contributed by atoms with Gasteiger partial charge in [0.1, 0.15) is 11.5 Å². The van der Waals surface area contributed by atoms with Crippen LogP contribution in [-0.4, -0.2) is 26.6 Å². The maximum atomic E-state index is 13.3. The third-order valence-corrected chi connectivity index (χ3v) is 5.82. The van der Waals surface area contributed by atoms with Gasteiger partial charge in [-0.05, 0) is 49.4 Å². The zero-order valence-electron chi connectivity index (χ0n) is 17.8. The van der Waals surface area contributed by atoms with Crippen molar-refractivity contribution in [2.75, 3.05) is 10.6 Å². The molecule has 0 aliphatic heterocycles. The van der Waals surface area contributed by atoms with E-state index in [0.29, 0.717) is 27.8 Å². The van der Waals surface area contributed by atoms with Crippen LogP contribution in [0.1, 0.15) is 23.0 Å². The molecule has 0 unspecified atom stereocenters.